The van der Waals surface area contributed by atoms with E-state index in [1.165, 1.54) is 5.56 Å². The molecular weight excluding hydrogens is 278 g/mol. The van der Waals surface area contributed by atoms with Gasteiger partial charge in [0.05, 0.1) is 4.99 Å². The number of thiocarbonyl (C=S) groups is 1. The van der Waals surface area contributed by atoms with Crippen LogP contribution in [0.5, 0.6) is 0 Å². The Bertz CT molecular complexity index is 778. The van der Waals surface area contributed by atoms with Crippen molar-refractivity contribution in [1.82, 2.24) is 4.57 Å². The molecule has 1 aromatic carbocycles. The first-order valence-corrected chi connectivity index (χ1v) is 7.34. The smallest absolute Gasteiger partial charge is 0.120 e. The van der Waals surface area contributed by atoms with Gasteiger partial charge in [-0.3, -0.25) is 0 Å². The van der Waals surface area contributed by atoms with Crippen LogP contribution in [0.4, 0.5) is 5.69 Å². The van der Waals surface area contributed by atoms with E-state index in [1.54, 1.807) is 0 Å². The largest absolute Gasteiger partial charge is 0.350 e. The molecule has 0 spiro atoms. The minimum Gasteiger partial charge on any atom is -0.350 e. The number of nitrogens with zero attached hydrogens (tertiary/aromatic N) is 2. The molecule has 0 aliphatic carbocycles. The average Bonchev–Trinajstić information content (AvgIpc) is 2.78. The highest BCUT2D eigenvalue weighted by Crippen LogP contribution is 2.39. The summed E-state index contributed by atoms with van der Waals surface area (Å²) >= 11 is 5.35. The van der Waals surface area contributed by atoms with Crippen LogP contribution >= 0.6 is 12.2 Å². The zero-order chi connectivity index (χ0) is 15.2. The minimum atomic E-state index is 0.0247. The van der Waals surface area contributed by atoms with Crippen molar-refractivity contribution in [2.24, 2.45) is 7.05 Å². The third kappa shape index (κ3) is 2.24. The minimum absolute atomic E-state index is 0.0247. The first-order chi connectivity index (χ1) is 9.92. The lowest BCUT2D eigenvalue weighted by atomic mass is 9.77. The number of nitrogens with one attached hydrogen (secondary N) is 1. The van der Waals surface area contributed by atoms with Crippen molar-refractivity contribution in [3.05, 3.63) is 41.6 Å². The van der Waals surface area contributed by atoms with Gasteiger partial charge in [-0.05, 0) is 40.8 Å². The first kappa shape index (κ1) is 13.8. The van der Waals surface area contributed by atoms with Crippen molar-refractivity contribution in [2.45, 2.75) is 25.7 Å². The molecule has 1 aromatic heterocycles. The van der Waals surface area contributed by atoms with Crippen LogP contribution in [0.15, 0.2) is 30.3 Å². The van der Waals surface area contributed by atoms with Crippen LogP contribution in [0.3, 0.4) is 0 Å². The van der Waals surface area contributed by atoms with Gasteiger partial charge in [0.2, 0.25) is 0 Å². The van der Waals surface area contributed by atoms with Gasteiger partial charge in [-0.15, -0.1) is 0 Å². The molecule has 3 nitrogen and oxygen atoms in total. The van der Waals surface area contributed by atoms with E-state index >= 15 is 0 Å². The Morgan fingerprint density at radius 2 is 2.05 bits per heavy atom. The fourth-order valence-corrected chi connectivity index (χ4v) is 3.45. The quantitative estimate of drug-likeness (QED) is 0.809. The molecule has 0 fully saturated rings. The van der Waals surface area contributed by atoms with E-state index in [0.29, 0.717) is 5.69 Å². The predicted octanol–water partition coefficient (Wildman–Crippen LogP) is 3.98. The molecule has 21 heavy (non-hydrogen) atoms. The second kappa shape index (κ2) is 4.71. The number of nitriles is 1. The number of benzene rings is 1. The fourth-order valence-electron chi connectivity index (χ4n) is 2.98. The van der Waals surface area contributed by atoms with Crippen LogP contribution in [0.25, 0.3) is 11.3 Å². The lowest BCUT2D eigenvalue weighted by Gasteiger charge is -2.34. The third-order valence-corrected chi connectivity index (χ3v) is 4.40. The van der Waals surface area contributed by atoms with Gasteiger partial charge in [-0.2, -0.15) is 5.26 Å². The summed E-state index contributed by atoms with van der Waals surface area (Å²) in [6.45, 7) is 4.43. The van der Waals surface area contributed by atoms with Crippen LogP contribution in [0.1, 0.15) is 31.5 Å². The van der Waals surface area contributed by atoms with Gasteiger partial charge in [-0.1, -0.05) is 32.1 Å². The molecule has 0 bridgehead atoms. The molecule has 3 rings (SSSR count). The molecule has 1 aliphatic heterocycles. The van der Waals surface area contributed by atoms with E-state index in [-0.39, 0.29) is 5.41 Å². The normalized spacial score (nSPS) is 16.0. The Kier molecular flexibility index (Phi) is 3.11. The molecule has 0 saturated heterocycles. The van der Waals surface area contributed by atoms with Crippen molar-refractivity contribution in [2.75, 3.05) is 5.32 Å². The van der Waals surface area contributed by atoms with Crippen LogP contribution < -0.4 is 5.32 Å². The van der Waals surface area contributed by atoms with Crippen LogP contribution in [0, 0.1) is 11.3 Å². The van der Waals surface area contributed by atoms with Crippen molar-refractivity contribution in [3.8, 4) is 17.3 Å². The van der Waals surface area contributed by atoms with Gasteiger partial charge in [-0.25, -0.2) is 0 Å². The van der Waals surface area contributed by atoms with E-state index in [0.717, 1.165) is 28.4 Å². The zero-order valence-corrected chi connectivity index (χ0v) is 13.2. The molecule has 4 heteroatoms. The fraction of sp³-hybridized carbons (Fsp3) is 0.294. The predicted molar refractivity (Wildman–Crippen MR) is 89.4 cm³/mol. The maximum absolute atomic E-state index is 9.09. The zero-order valence-electron chi connectivity index (χ0n) is 12.4. The van der Waals surface area contributed by atoms with Gasteiger partial charge in [0.1, 0.15) is 11.8 Å². The maximum atomic E-state index is 9.09. The number of rotatable bonds is 1. The van der Waals surface area contributed by atoms with E-state index in [4.69, 9.17) is 17.5 Å². The summed E-state index contributed by atoms with van der Waals surface area (Å²) in [6, 6.07) is 12.4. The van der Waals surface area contributed by atoms with E-state index in [2.05, 4.69) is 43.4 Å². The number of fused-ring (bicyclic) bond motifs is 1. The van der Waals surface area contributed by atoms with Crippen LogP contribution in [-0.2, 0) is 12.5 Å². The van der Waals surface area contributed by atoms with Gasteiger partial charge in [0.15, 0.2) is 0 Å². The lowest BCUT2D eigenvalue weighted by Crippen LogP contribution is -2.31. The molecule has 1 aliphatic rings. The SMILES string of the molecule is Cn1c(C#N)ccc1-c1ccc2c(c1)C(C)(C)CC(=S)N2. The Morgan fingerprint density at radius 1 is 1.29 bits per heavy atom. The molecule has 2 heterocycles. The van der Waals surface area contributed by atoms with Crippen molar-refractivity contribution in [3.63, 3.8) is 0 Å². The molecule has 1 N–H and O–H groups in total. The molecule has 2 aromatic rings. The molecular formula is C17H17N3S. The molecule has 106 valence electrons. The van der Waals surface area contributed by atoms with E-state index in [9.17, 15) is 0 Å². The summed E-state index contributed by atoms with van der Waals surface area (Å²) in [4.78, 5) is 0.894. The summed E-state index contributed by atoms with van der Waals surface area (Å²) in [6.07, 6.45) is 0.857. The van der Waals surface area contributed by atoms with E-state index < -0.39 is 0 Å². The second-order valence-electron chi connectivity index (χ2n) is 6.14. The van der Waals surface area contributed by atoms with Gasteiger partial charge < -0.3 is 9.88 Å². The molecule has 0 saturated carbocycles. The Morgan fingerprint density at radius 3 is 2.71 bits per heavy atom. The number of aromatic nitrogens is 1. The Hall–Kier alpha value is -2.12. The van der Waals surface area contributed by atoms with Gasteiger partial charge in [0, 0.05) is 24.8 Å². The van der Waals surface area contributed by atoms with Gasteiger partial charge in [0.25, 0.3) is 0 Å². The van der Waals surface area contributed by atoms with Gasteiger partial charge >= 0.3 is 0 Å². The summed E-state index contributed by atoms with van der Waals surface area (Å²) < 4.78 is 1.93. The highest BCUT2D eigenvalue weighted by molar-refractivity contribution is 7.80. The Balaban J connectivity index is 2.14. The third-order valence-electron chi connectivity index (χ3n) is 4.16. The highest BCUT2D eigenvalue weighted by atomic mass is 32.1. The summed E-state index contributed by atoms with van der Waals surface area (Å²) in [7, 11) is 1.92. The number of hydrogen-bond acceptors (Lipinski definition) is 2. The topological polar surface area (TPSA) is 40.8 Å². The number of anilines is 1. The standard InChI is InChI=1S/C17H17N3S/c1-17(2)9-16(21)19-14-6-4-11(8-13(14)17)15-7-5-12(10-18)20(15)3/h4-8H,9H2,1-3H3,(H,19,21). The number of hydrogen-bond donors (Lipinski definition) is 1. The average molecular weight is 295 g/mol. The summed E-state index contributed by atoms with van der Waals surface area (Å²) in [5.74, 6) is 0. The molecule has 0 amide bonds. The lowest BCUT2D eigenvalue weighted by molar-refractivity contribution is 0.547. The van der Waals surface area contributed by atoms with Crippen molar-refractivity contribution in [1.29, 1.82) is 5.26 Å². The summed E-state index contributed by atoms with van der Waals surface area (Å²) in [5.41, 5.74) is 5.24. The highest BCUT2D eigenvalue weighted by Gasteiger charge is 2.30. The van der Waals surface area contributed by atoms with E-state index in [1.807, 2.05) is 23.7 Å². The van der Waals surface area contributed by atoms with Crippen LogP contribution in [0.2, 0.25) is 0 Å². The summed E-state index contributed by atoms with van der Waals surface area (Å²) in [5, 5.41) is 12.4. The maximum Gasteiger partial charge on any atom is 0.120 e. The first-order valence-electron chi connectivity index (χ1n) is 6.93. The van der Waals surface area contributed by atoms with Crippen molar-refractivity contribution >= 4 is 22.9 Å². The van der Waals surface area contributed by atoms with Crippen LogP contribution in [-0.4, -0.2) is 9.56 Å². The van der Waals surface area contributed by atoms with Crippen molar-refractivity contribution < 1.29 is 0 Å². The molecule has 0 radical (unpaired) electrons. The Labute approximate surface area is 130 Å². The molecule has 0 atom stereocenters. The monoisotopic (exact) mass is 295 g/mol. The molecule has 0 unspecified atom stereocenters. The second-order valence-corrected chi connectivity index (χ2v) is 6.64.